The van der Waals surface area contributed by atoms with Gasteiger partial charge >= 0.3 is 0 Å². The van der Waals surface area contributed by atoms with Crippen molar-refractivity contribution in [1.29, 1.82) is 0 Å². The van der Waals surface area contributed by atoms with Crippen LogP contribution in [0.25, 0.3) is 0 Å². The summed E-state index contributed by atoms with van der Waals surface area (Å²) in [5.41, 5.74) is 1.54. The van der Waals surface area contributed by atoms with Crippen LogP contribution in [-0.2, 0) is 11.3 Å². The minimum absolute atomic E-state index is 0.101. The summed E-state index contributed by atoms with van der Waals surface area (Å²) in [5.74, 6) is 1.23. The van der Waals surface area contributed by atoms with Gasteiger partial charge in [0.05, 0.1) is 31.0 Å². The first-order valence-corrected chi connectivity index (χ1v) is 7.53. The minimum atomic E-state index is -0.236. The Labute approximate surface area is 140 Å². The lowest BCUT2D eigenvalue weighted by Gasteiger charge is -2.18. The molecule has 1 amide bonds. The van der Waals surface area contributed by atoms with Crippen LogP contribution in [0.2, 0.25) is 5.02 Å². The van der Waals surface area contributed by atoms with Crippen LogP contribution in [0.5, 0.6) is 11.5 Å². The third-order valence-corrected chi connectivity index (χ3v) is 3.84. The van der Waals surface area contributed by atoms with Crippen LogP contribution in [0.3, 0.4) is 0 Å². The molecule has 1 unspecified atom stereocenters. The summed E-state index contributed by atoms with van der Waals surface area (Å²) in [6.45, 7) is 3.78. The van der Waals surface area contributed by atoms with Crippen molar-refractivity contribution >= 4 is 17.5 Å². The Kier molecular flexibility index (Phi) is 5.50. The maximum absolute atomic E-state index is 12.2. The van der Waals surface area contributed by atoms with Crippen LogP contribution < -0.4 is 14.8 Å². The Morgan fingerprint density at radius 1 is 1.39 bits per heavy atom. The van der Waals surface area contributed by atoms with Crippen LogP contribution >= 0.6 is 11.6 Å². The molecule has 0 saturated heterocycles. The van der Waals surface area contributed by atoms with E-state index < -0.39 is 0 Å². The van der Waals surface area contributed by atoms with Gasteiger partial charge in [0, 0.05) is 11.8 Å². The summed E-state index contributed by atoms with van der Waals surface area (Å²) in [7, 11) is 3.19. The number of hydrogen-bond donors (Lipinski definition) is 1. The minimum Gasteiger partial charge on any atom is -0.497 e. The summed E-state index contributed by atoms with van der Waals surface area (Å²) in [6.07, 6.45) is 1.63. The first-order valence-electron chi connectivity index (χ1n) is 7.15. The second-order valence-electron chi connectivity index (χ2n) is 5.16. The molecule has 2 aromatic rings. The molecule has 23 heavy (non-hydrogen) atoms. The molecule has 124 valence electrons. The van der Waals surface area contributed by atoms with Gasteiger partial charge in [0.25, 0.3) is 0 Å². The zero-order valence-corrected chi connectivity index (χ0v) is 14.3. The molecule has 0 fully saturated rings. The quantitative estimate of drug-likeness (QED) is 0.880. The van der Waals surface area contributed by atoms with Gasteiger partial charge in [-0.05, 0) is 32.0 Å². The van der Waals surface area contributed by atoms with E-state index >= 15 is 0 Å². The number of carbonyl (C=O) groups excluding carboxylic acids is 1. The normalized spacial score (nSPS) is 11.9. The smallest absolute Gasteiger partial charge is 0.242 e. The number of nitrogens with zero attached hydrogens (tertiary/aromatic N) is 2. The number of benzene rings is 1. The van der Waals surface area contributed by atoms with Crippen molar-refractivity contribution in [2.75, 3.05) is 14.2 Å². The van der Waals surface area contributed by atoms with Crippen molar-refractivity contribution in [3.63, 3.8) is 0 Å². The molecule has 1 heterocycles. The summed E-state index contributed by atoms with van der Waals surface area (Å²) in [4.78, 5) is 12.2. The molecule has 1 aromatic heterocycles. The molecule has 0 spiro atoms. The third kappa shape index (κ3) is 4.16. The first kappa shape index (κ1) is 17.1. The molecule has 0 aliphatic heterocycles. The van der Waals surface area contributed by atoms with E-state index in [9.17, 15) is 4.79 Å². The summed E-state index contributed by atoms with van der Waals surface area (Å²) < 4.78 is 12.1. The number of hydrogen-bond acceptors (Lipinski definition) is 4. The van der Waals surface area contributed by atoms with E-state index in [1.54, 1.807) is 27.3 Å². The highest BCUT2D eigenvalue weighted by atomic mass is 35.5. The molecular formula is C16H20ClN3O3. The predicted molar refractivity (Wildman–Crippen MR) is 88.1 cm³/mol. The lowest BCUT2D eigenvalue weighted by atomic mass is 10.1. The Morgan fingerprint density at radius 3 is 2.70 bits per heavy atom. The van der Waals surface area contributed by atoms with Crippen molar-refractivity contribution in [1.82, 2.24) is 15.1 Å². The average Bonchev–Trinajstić information content (AvgIpc) is 2.84. The molecule has 0 saturated carbocycles. The molecule has 1 N–H and O–H groups in total. The van der Waals surface area contributed by atoms with E-state index in [4.69, 9.17) is 21.1 Å². The Hall–Kier alpha value is -2.21. The number of aromatic nitrogens is 2. The first-order chi connectivity index (χ1) is 10.9. The van der Waals surface area contributed by atoms with Gasteiger partial charge in [0.1, 0.15) is 18.0 Å². The van der Waals surface area contributed by atoms with Crippen LogP contribution in [0.15, 0.2) is 24.4 Å². The van der Waals surface area contributed by atoms with Gasteiger partial charge in [-0.2, -0.15) is 5.10 Å². The highest BCUT2D eigenvalue weighted by Crippen LogP contribution is 2.29. The van der Waals surface area contributed by atoms with Crippen molar-refractivity contribution in [2.45, 2.75) is 26.4 Å². The zero-order valence-electron chi connectivity index (χ0n) is 13.6. The van der Waals surface area contributed by atoms with Crippen LogP contribution in [0.4, 0.5) is 0 Å². The number of aryl methyl sites for hydroxylation is 1. The molecule has 7 heteroatoms. The molecule has 1 aromatic carbocycles. The monoisotopic (exact) mass is 337 g/mol. The largest absolute Gasteiger partial charge is 0.497 e. The van der Waals surface area contributed by atoms with Crippen LogP contribution in [0, 0.1) is 6.92 Å². The number of methoxy groups -OCH3 is 2. The average molecular weight is 338 g/mol. The van der Waals surface area contributed by atoms with E-state index in [0.29, 0.717) is 22.2 Å². The van der Waals surface area contributed by atoms with E-state index in [2.05, 4.69) is 10.4 Å². The van der Waals surface area contributed by atoms with Gasteiger partial charge in [-0.15, -0.1) is 0 Å². The van der Waals surface area contributed by atoms with Crippen molar-refractivity contribution in [3.8, 4) is 11.5 Å². The van der Waals surface area contributed by atoms with Crippen molar-refractivity contribution in [2.24, 2.45) is 0 Å². The summed E-state index contributed by atoms with van der Waals surface area (Å²) in [6, 6.07) is 5.23. The highest BCUT2D eigenvalue weighted by Gasteiger charge is 2.16. The topological polar surface area (TPSA) is 65.4 Å². The summed E-state index contributed by atoms with van der Waals surface area (Å²) >= 11 is 5.94. The zero-order chi connectivity index (χ0) is 17.0. The van der Waals surface area contributed by atoms with E-state index in [0.717, 1.165) is 5.56 Å². The van der Waals surface area contributed by atoms with E-state index in [1.807, 2.05) is 25.1 Å². The SMILES string of the molecule is COc1ccc(OC)c(C(C)NC(=O)Cn2cc(Cl)c(C)n2)c1. The number of carbonyl (C=O) groups is 1. The van der Waals surface area contributed by atoms with Gasteiger partial charge in [0.2, 0.25) is 5.91 Å². The van der Waals surface area contributed by atoms with Crippen molar-refractivity contribution in [3.05, 3.63) is 40.7 Å². The Morgan fingerprint density at radius 2 is 2.13 bits per heavy atom. The standard InChI is InChI=1S/C16H20ClN3O3/c1-10(13-7-12(22-3)5-6-15(13)23-4)18-16(21)9-20-8-14(17)11(2)19-20/h5-8,10H,9H2,1-4H3,(H,18,21). The number of amides is 1. The molecule has 6 nitrogen and oxygen atoms in total. The van der Waals surface area contributed by atoms with E-state index in [1.165, 1.54) is 4.68 Å². The van der Waals surface area contributed by atoms with Crippen molar-refractivity contribution < 1.29 is 14.3 Å². The highest BCUT2D eigenvalue weighted by molar-refractivity contribution is 6.31. The molecule has 0 radical (unpaired) electrons. The number of rotatable bonds is 6. The number of nitrogens with one attached hydrogen (secondary N) is 1. The molecule has 1 atom stereocenters. The lowest BCUT2D eigenvalue weighted by Crippen LogP contribution is -2.30. The maximum atomic E-state index is 12.2. The van der Waals surface area contributed by atoms with Gasteiger partial charge in [-0.3, -0.25) is 9.48 Å². The molecule has 0 aliphatic rings. The Bertz CT molecular complexity index is 680. The maximum Gasteiger partial charge on any atom is 0.242 e. The number of ether oxygens (including phenoxy) is 2. The fourth-order valence-corrected chi connectivity index (χ4v) is 2.41. The van der Waals surface area contributed by atoms with Gasteiger partial charge in [-0.25, -0.2) is 0 Å². The second kappa shape index (κ2) is 7.37. The lowest BCUT2D eigenvalue weighted by molar-refractivity contribution is -0.122. The van der Waals surface area contributed by atoms with E-state index in [-0.39, 0.29) is 18.5 Å². The molecule has 0 bridgehead atoms. The van der Waals surface area contributed by atoms with Crippen LogP contribution in [0.1, 0.15) is 24.2 Å². The molecule has 2 rings (SSSR count). The third-order valence-electron chi connectivity index (χ3n) is 3.47. The molecular weight excluding hydrogens is 318 g/mol. The fraction of sp³-hybridized carbons (Fsp3) is 0.375. The van der Waals surface area contributed by atoms with Gasteiger partial charge in [0.15, 0.2) is 0 Å². The fourth-order valence-electron chi connectivity index (χ4n) is 2.26. The summed E-state index contributed by atoms with van der Waals surface area (Å²) in [5, 5.41) is 7.63. The second-order valence-corrected chi connectivity index (χ2v) is 5.56. The number of halogens is 1. The van der Waals surface area contributed by atoms with Crippen LogP contribution in [-0.4, -0.2) is 29.9 Å². The van der Waals surface area contributed by atoms with Gasteiger partial charge in [-0.1, -0.05) is 11.6 Å². The molecule has 0 aliphatic carbocycles. The Balaban J connectivity index is 2.08. The van der Waals surface area contributed by atoms with Gasteiger partial charge < -0.3 is 14.8 Å². The predicted octanol–water partition coefficient (Wildman–Crippen LogP) is 2.74.